The molecule has 3 aromatic rings. The van der Waals surface area contributed by atoms with Crippen LogP contribution in [0.1, 0.15) is 56.7 Å². The van der Waals surface area contributed by atoms with Crippen LogP contribution in [0.2, 0.25) is 0 Å². The van der Waals surface area contributed by atoms with Crippen molar-refractivity contribution in [2.45, 2.75) is 45.6 Å². The number of nitrogens with zero attached hydrogens (tertiary/aromatic N) is 1. The van der Waals surface area contributed by atoms with Crippen molar-refractivity contribution in [1.82, 2.24) is 10.2 Å². The van der Waals surface area contributed by atoms with Crippen LogP contribution >= 0.6 is 0 Å². The lowest BCUT2D eigenvalue weighted by Gasteiger charge is -2.40. The summed E-state index contributed by atoms with van der Waals surface area (Å²) in [4.78, 5) is 14.4. The number of amides is 1. The van der Waals surface area contributed by atoms with Crippen molar-refractivity contribution in [1.29, 1.82) is 0 Å². The van der Waals surface area contributed by atoms with Crippen molar-refractivity contribution in [3.8, 4) is 0 Å². The van der Waals surface area contributed by atoms with Gasteiger partial charge in [-0.3, -0.25) is 0 Å². The average Bonchev–Trinajstić information content (AvgIpc) is 2.81. The first kappa shape index (κ1) is 24.2. The number of halogens is 1. The molecule has 0 aromatic heterocycles. The maximum Gasteiger partial charge on any atom is 0.407 e. The molecule has 180 valence electrons. The van der Waals surface area contributed by atoms with Crippen LogP contribution in [0, 0.1) is 17.2 Å². The third kappa shape index (κ3) is 5.41. The molecule has 1 fully saturated rings. The monoisotopic (exact) mass is 462 g/mol. The molecular weight excluding hydrogens is 427 g/mol. The molecule has 0 radical (unpaired) electrons. The number of rotatable bonds is 6. The number of benzene rings is 3. The number of carbonyl (C=O) groups is 1. The van der Waals surface area contributed by atoms with E-state index in [1.807, 2.05) is 30.3 Å². The van der Waals surface area contributed by atoms with Crippen molar-refractivity contribution < 1.29 is 14.3 Å². The third-order valence-electron chi connectivity index (χ3n) is 6.95. The molecule has 0 saturated carbocycles. The van der Waals surface area contributed by atoms with Gasteiger partial charge in [0, 0.05) is 13.1 Å². The Kier molecular flexibility index (Phi) is 7.22. The van der Waals surface area contributed by atoms with Gasteiger partial charge in [0.15, 0.2) is 0 Å². The van der Waals surface area contributed by atoms with Gasteiger partial charge in [-0.05, 0) is 64.6 Å². The largest absolute Gasteiger partial charge is 0.465 e. The van der Waals surface area contributed by atoms with Gasteiger partial charge in [0.25, 0.3) is 0 Å². The number of piperidine rings is 1. The molecule has 2 unspecified atom stereocenters. The van der Waals surface area contributed by atoms with E-state index in [2.05, 4.69) is 50.4 Å². The molecule has 5 heteroatoms. The Hall–Kier alpha value is -2.92. The Labute approximate surface area is 201 Å². The molecule has 4 rings (SSSR count). The summed E-state index contributed by atoms with van der Waals surface area (Å²) < 4.78 is 14.7. The molecule has 2 N–H and O–H groups in total. The second-order valence-corrected chi connectivity index (χ2v) is 10.7. The molecule has 0 aliphatic carbocycles. The predicted octanol–water partition coefficient (Wildman–Crippen LogP) is 6.83. The Morgan fingerprint density at radius 3 is 2.53 bits per heavy atom. The number of carboxylic acid groups (broad SMARTS) is 1. The van der Waals surface area contributed by atoms with E-state index in [0.29, 0.717) is 25.1 Å². The quantitative estimate of drug-likeness (QED) is 0.422. The minimum absolute atomic E-state index is 0.0146. The van der Waals surface area contributed by atoms with Crippen LogP contribution in [0.25, 0.3) is 10.8 Å². The molecular formula is C29H35FN2O2. The average molecular weight is 463 g/mol. The Bertz CT molecular complexity index is 1130. The fraction of sp³-hybridized carbons (Fsp3) is 0.414. The van der Waals surface area contributed by atoms with Gasteiger partial charge in [-0.1, -0.05) is 81.4 Å². The summed E-state index contributed by atoms with van der Waals surface area (Å²) in [6.45, 7) is 8.27. The van der Waals surface area contributed by atoms with Crippen LogP contribution in [0.3, 0.4) is 0 Å². The summed E-state index contributed by atoms with van der Waals surface area (Å²) in [6, 6.07) is 20.9. The number of hydrogen-bond acceptors (Lipinski definition) is 2. The van der Waals surface area contributed by atoms with E-state index < -0.39 is 6.09 Å². The zero-order chi connectivity index (χ0) is 24.3. The molecule has 1 heterocycles. The highest BCUT2D eigenvalue weighted by Gasteiger charge is 2.36. The van der Waals surface area contributed by atoms with Crippen molar-refractivity contribution in [3.05, 3.63) is 83.7 Å². The van der Waals surface area contributed by atoms with Gasteiger partial charge in [-0.15, -0.1) is 0 Å². The smallest absolute Gasteiger partial charge is 0.407 e. The van der Waals surface area contributed by atoms with Crippen molar-refractivity contribution in [3.63, 3.8) is 0 Å². The van der Waals surface area contributed by atoms with Crippen molar-refractivity contribution in [2.75, 3.05) is 19.6 Å². The van der Waals surface area contributed by atoms with E-state index in [9.17, 15) is 14.3 Å². The third-order valence-corrected chi connectivity index (χ3v) is 6.95. The van der Waals surface area contributed by atoms with Gasteiger partial charge >= 0.3 is 6.09 Å². The fourth-order valence-corrected chi connectivity index (χ4v) is 5.40. The Balaban J connectivity index is 1.74. The SMILES string of the molecule is CC(C)(C)C[C@H](c1cccc2ccccc12)N(CC1CNCCC1c1ccccc1F)C(=O)O. The molecule has 0 spiro atoms. The van der Waals surface area contributed by atoms with E-state index in [-0.39, 0.29) is 29.1 Å². The van der Waals surface area contributed by atoms with Crippen LogP contribution < -0.4 is 5.32 Å². The van der Waals surface area contributed by atoms with E-state index in [0.717, 1.165) is 29.3 Å². The molecule has 4 nitrogen and oxygen atoms in total. The zero-order valence-corrected chi connectivity index (χ0v) is 20.3. The summed E-state index contributed by atoms with van der Waals surface area (Å²) in [7, 11) is 0. The predicted molar refractivity (Wildman–Crippen MR) is 136 cm³/mol. The van der Waals surface area contributed by atoms with Gasteiger partial charge < -0.3 is 15.3 Å². The van der Waals surface area contributed by atoms with Gasteiger partial charge in [0.1, 0.15) is 5.82 Å². The summed E-state index contributed by atoms with van der Waals surface area (Å²) in [5.41, 5.74) is 1.64. The lowest BCUT2D eigenvalue weighted by Crippen LogP contribution is -2.46. The maximum absolute atomic E-state index is 14.7. The molecule has 3 atom stereocenters. The Morgan fingerprint density at radius 2 is 1.79 bits per heavy atom. The van der Waals surface area contributed by atoms with Gasteiger partial charge in [0.05, 0.1) is 6.04 Å². The van der Waals surface area contributed by atoms with Crippen molar-refractivity contribution in [2.24, 2.45) is 11.3 Å². The number of nitrogens with one attached hydrogen (secondary N) is 1. The van der Waals surface area contributed by atoms with E-state index in [1.165, 1.54) is 6.07 Å². The molecule has 1 saturated heterocycles. The van der Waals surface area contributed by atoms with E-state index in [4.69, 9.17) is 0 Å². The minimum atomic E-state index is -0.931. The van der Waals surface area contributed by atoms with E-state index >= 15 is 0 Å². The highest BCUT2D eigenvalue weighted by atomic mass is 19.1. The normalized spacial score (nSPS) is 19.6. The van der Waals surface area contributed by atoms with Crippen LogP contribution in [0.15, 0.2) is 66.7 Å². The van der Waals surface area contributed by atoms with Crippen molar-refractivity contribution >= 4 is 16.9 Å². The lowest BCUT2D eigenvalue weighted by molar-refractivity contribution is 0.0909. The van der Waals surface area contributed by atoms with Crippen LogP contribution in [-0.4, -0.2) is 35.7 Å². The van der Waals surface area contributed by atoms with Gasteiger partial charge in [-0.2, -0.15) is 0 Å². The first-order valence-electron chi connectivity index (χ1n) is 12.2. The summed E-state index contributed by atoms with van der Waals surface area (Å²) in [5.74, 6) is -0.243. The summed E-state index contributed by atoms with van der Waals surface area (Å²) in [6.07, 6.45) is 0.551. The molecule has 1 aliphatic heterocycles. The fourth-order valence-electron chi connectivity index (χ4n) is 5.40. The number of fused-ring (bicyclic) bond motifs is 1. The molecule has 0 bridgehead atoms. The topological polar surface area (TPSA) is 52.6 Å². The number of hydrogen-bond donors (Lipinski definition) is 2. The first-order valence-corrected chi connectivity index (χ1v) is 12.2. The standard InChI is InChI=1S/C29H35FN2O2/c1-29(2,3)17-27(25-13-8-10-20-9-4-5-11-22(20)25)32(28(33)34)19-21-18-31-16-15-23(21)24-12-6-7-14-26(24)30/h4-14,21,23,27,31H,15-19H2,1-3H3,(H,33,34)/t21?,23?,27-/m1/s1. The molecule has 1 amide bonds. The second kappa shape index (κ2) is 10.1. The minimum Gasteiger partial charge on any atom is -0.465 e. The van der Waals surface area contributed by atoms with Crippen LogP contribution in [0.4, 0.5) is 9.18 Å². The summed E-state index contributed by atoms with van der Waals surface area (Å²) >= 11 is 0. The highest BCUT2D eigenvalue weighted by molar-refractivity contribution is 5.86. The van der Waals surface area contributed by atoms with Crippen LogP contribution in [0.5, 0.6) is 0 Å². The van der Waals surface area contributed by atoms with E-state index in [1.54, 1.807) is 11.0 Å². The summed E-state index contributed by atoms with van der Waals surface area (Å²) in [5, 5.41) is 16.0. The zero-order valence-electron chi connectivity index (χ0n) is 20.3. The van der Waals surface area contributed by atoms with Crippen LogP contribution in [-0.2, 0) is 0 Å². The lowest BCUT2D eigenvalue weighted by atomic mass is 9.79. The van der Waals surface area contributed by atoms with Gasteiger partial charge in [0.2, 0.25) is 0 Å². The molecule has 1 aliphatic rings. The highest BCUT2D eigenvalue weighted by Crippen LogP contribution is 2.40. The Morgan fingerprint density at radius 1 is 1.09 bits per heavy atom. The molecule has 34 heavy (non-hydrogen) atoms. The second-order valence-electron chi connectivity index (χ2n) is 10.7. The van der Waals surface area contributed by atoms with Gasteiger partial charge in [-0.25, -0.2) is 9.18 Å². The maximum atomic E-state index is 14.7. The molecule has 3 aromatic carbocycles. The first-order chi connectivity index (χ1) is 16.2.